The molecule has 76 valence electrons. The second-order valence-electron chi connectivity index (χ2n) is 2.79. The molecular weight excluding hydrogens is 201 g/mol. The Bertz CT molecular complexity index is 496. The highest BCUT2D eigenvalue weighted by atomic mass is 19.1. The van der Waals surface area contributed by atoms with Crippen LogP contribution in [0.1, 0.15) is 10.4 Å². The number of benzene rings is 1. The van der Waals surface area contributed by atoms with Crippen LogP contribution in [0.5, 0.6) is 0 Å². The van der Waals surface area contributed by atoms with Crippen LogP contribution in [0.15, 0.2) is 30.6 Å². The molecule has 1 aromatic heterocycles. The highest BCUT2D eigenvalue weighted by Crippen LogP contribution is 2.12. The van der Waals surface area contributed by atoms with Crippen molar-refractivity contribution in [3.05, 3.63) is 42.0 Å². The Hall–Kier alpha value is -2.24. The lowest BCUT2D eigenvalue weighted by atomic mass is 10.2. The van der Waals surface area contributed by atoms with Crippen molar-refractivity contribution in [2.75, 3.05) is 0 Å². The van der Waals surface area contributed by atoms with Gasteiger partial charge in [-0.3, -0.25) is 0 Å². The summed E-state index contributed by atoms with van der Waals surface area (Å²) in [5, 5.41) is 16.3. The molecule has 15 heavy (non-hydrogen) atoms. The molecule has 0 radical (unpaired) electrons. The van der Waals surface area contributed by atoms with Gasteiger partial charge in [0.2, 0.25) is 0 Å². The molecule has 0 spiro atoms. The van der Waals surface area contributed by atoms with Crippen LogP contribution in [-0.4, -0.2) is 26.1 Å². The van der Waals surface area contributed by atoms with Crippen LogP contribution < -0.4 is 0 Å². The predicted molar refractivity (Wildman–Crippen MR) is 48.3 cm³/mol. The van der Waals surface area contributed by atoms with Gasteiger partial charge < -0.3 is 5.11 Å². The second kappa shape index (κ2) is 3.49. The minimum Gasteiger partial charge on any atom is -0.478 e. The molecule has 5 nitrogen and oxygen atoms in total. The number of hydrogen-bond donors (Lipinski definition) is 1. The van der Waals surface area contributed by atoms with Gasteiger partial charge in [0.05, 0.1) is 23.6 Å². The molecule has 1 aromatic carbocycles. The van der Waals surface area contributed by atoms with Crippen molar-refractivity contribution in [2.24, 2.45) is 0 Å². The first-order chi connectivity index (χ1) is 7.18. The molecule has 0 saturated carbocycles. The smallest absolute Gasteiger partial charge is 0.338 e. The summed E-state index contributed by atoms with van der Waals surface area (Å²) in [7, 11) is 0. The minimum absolute atomic E-state index is 0.398. The predicted octanol–water partition coefficient (Wildman–Crippen LogP) is 1.10. The highest BCUT2D eigenvalue weighted by molar-refractivity contribution is 5.88. The van der Waals surface area contributed by atoms with Gasteiger partial charge >= 0.3 is 5.97 Å². The third-order valence-electron chi connectivity index (χ3n) is 1.83. The third kappa shape index (κ3) is 1.69. The number of aromatic carboxylic acids is 1. The van der Waals surface area contributed by atoms with Crippen molar-refractivity contribution in [2.45, 2.75) is 0 Å². The molecule has 0 unspecified atom stereocenters. The first-order valence-corrected chi connectivity index (χ1v) is 4.08. The molecule has 0 bridgehead atoms. The van der Waals surface area contributed by atoms with Gasteiger partial charge in [0, 0.05) is 0 Å². The van der Waals surface area contributed by atoms with Crippen molar-refractivity contribution < 1.29 is 14.3 Å². The maximum absolute atomic E-state index is 13.0. The van der Waals surface area contributed by atoms with Crippen molar-refractivity contribution in [3.8, 4) is 5.69 Å². The first kappa shape index (κ1) is 9.32. The van der Waals surface area contributed by atoms with Gasteiger partial charge in [0.1, 0.15) is 5.82 Å². The summed E-state index contributed by atoms with van der Waals surface area (Å²) in [6.45, 7) is 0. The van der Waals surface area contributed by atoms with Gasteiger partial charge in [0.15, 0.2) is 0 Å². The monoisotopic (exact) mass is 207 g/mol. The number of carboxylic acid groups (broad SMARTS) is 1. The Morgan fingerprint density at radius 2 is 2.00 bits per heavy atom. The SMILES string of the molecule is O=C(O)c1cc(-n2nccn2)ccc1F. The third-order valence-corrected chi connectivity index (χ3v) is 1.83. The number of aromatic nitrogens is 3. The van der Waals surface area contributed by atoms with E-state index in [1.165, 1.54) is 29.3 Å². The topological polar surface area (TPSA) is 68.0 Å². The van der Waals surface area contributed by atoms with E-state index in [0.717, 1.165) is 6.07 Å². The van der Waals surface area contributed by atoms with E-state index in [1.807, 2.05) is 0 Å². The zero-order valence-electron chi connectivity index (χ0n) is 7.46. The number of carbonyl (C=O) groups is 1. The summed E-state index contributed by atoms with van der Waals surface area (Å²) < 4.78 is 13.0. The molecule has 0 saturated heterocycles. The van der Waals surface area contributed by atoms with Crippen molar-refractivity contribution >= 4 is 5.97 Å². The van der Waals surface area contributed by atoms with Crippen molar-refractivity contribution in [1.82, 2.24) is 15.0 Å². The second-order valence-corrected chi connectivity index (χ2v) is 2.79. The van der Waals surface area contributed by atoms with Crippen LogP contribution >= 0.6 is 0 Å². The molecule has 2 aromatic rings. The Morgan fingerprint density at radius 1 is 1.33 bits per heavy atom. The number of carboxylic acids is 1. The highest BCUT2D eigenvalue weighted by Gasteiger charge is 2.11. The van der Waals surface area contributed by atoms with Crippen LogP contribution in [-0.2, 0) is 0 Å². The fraction of sp³-hybridized carbons (Fsp3) is 0. The van der Waals surface area contributed by atoms with Crippen molar-refractivity contribution in [3.63, 3.8) is 0 Å². The van der Waals surface area contributed by atoms with E-state index >= 15 is 0 Å². The molecule has 1 N–H and O–H groups in total. The van der Waals surface area contributed by atoms with Gasteiger partial charge in [-0.25, -0.2) is 9.18 Å². The van der Waals surface area contributed by atoms with E-state index < -0.39 is 17.3 Å². The van der Waals surface area contributed by atoms with Gasteiger partial charge in [0.25, 0.3) is 0 Å². The van der Waals surface area contributed by atoms with E-state index in [0.29, 0.717) is 5.69 Å². The molecular formula is C9H6FN3O2. The maximum atomic E-state index is 13.0. The van der Waals surface area contributed by atoms with Gasteiger partial charge in [-0.15, -0.1) is 0 Å². The summed E-state index contributed by atoms with van der Waals surface area (Å²) in [6, 6.07) is 3.65. The normalized spacial score (nSPS) is 10.2. The molecule has 0 aliphatic rings. The van der Waals surface area contributed by atoms with Crippen LogP contribution in [0.25, 0.3) is 5.69 Å². The van der Waals surface area contributed by atoms with Crippen LogP contribution in [0, 0.1) is 5.82 Å². The van der Waals surface area contributed by atoms with E-state index in [4.69, 9.17) is 5.11 Å². The van der Waals surface area contributed by atoms with Crippen LogP contribution in [0.2, 0.25) is 0 Å². The lowest BCUT2D eigenvalue weighted by Gasteiger charge is -2.01. The Kier molecular flexibility index (Phi) is 2.17. The molecule has 2 rings (SSSR count). The van der Waals surface area contributed by atoms with Gasteiger partial charge in [-0.2, -0.15) is 15.0 Å². The molecule has 6 heteroatoms. The molecule has 0 aliphatic heterocycles. The Balaban J connectivity index is 2.52. The lowest BCUT2D eigenvalue weighted by molar-refractivity contribution is 0.0692. The van der Waals surface area contributed by atoms with Crippen LogP contribution in [0.3, 0.4) is 0 Å². The van der Waals surface area contributed by atoms with E-state index in [-0.39, 0.29) is 0 Å². The Labute approximate surface area is 83.8 Å². The lowest BCUT2D eigenvalue weighted by Crippen LogP contribution is -2.04. The minimum atomic E-state index is -1.32. The molecule has 1 heterocycles. The average Bonchev–Trinajstić information content (AvgIpc) is 2.71. The Morgan fingerprint density at radius 3 is 2.60 bits per heavy atom. The number of hydrogen-bond acceptors (Lipinski definition) is 3. The molecule has 0 amide bonds. The summed E-state index contributed by atoms with van der Waals surface area (Å²) >= 11 is 0. The molecule has 0 atom stereocenters. The largest absolute Gasteiger partial charge is 0.478 e. The fourth-order valence-electron chi connectivity index (χ4n) is 1.15. The summed E-state index contributed by atoms with van der Waals surface area (Å²) in [5.41, 5.74) is 0.00333. The summed E-state index contributed by atoms with van der Waals surface area (Å²) in [5.74, 6) is -2.10. The van der Waals surface area contributed by atoms with Crippen LogP contribution in [0.4, 0.5) is 4.39 Å². The standard InChI is InChI=1S/C9H6FN3O2/c10-8-2-1-6(5-7(8)9(14)15)13-11-3-4-12-13/h1-5H,(H,14,15). The van der Waals surface area contributed by atoms with Crippen molar-refractivity contribution in [1.29, 1.82) is 0 Å². The van der Waals surface area contributed by atoms with E-state index in [9.17, 15) is 9.18 Å². The maximum Gasteiger partial charge on any atom is 0.338 e. The molecule has 0 fully saturated rings. The quantitative estimate of drug-likeness (QED) is 0.800. The molecule has 0 aliphatic carbocycles. The van der Waals surface area contributed by atoms with E-state index in [1.54, 1.807) is 0 Å². The number of nitrogens with zero attached hydrogens (tertiary/aromatic N) is 3. The number of halogens is 1. The van der Waals surface area contributed by atoms with Gasteiger partial charge in [-0.1, -0.05) is 0 Å². The zero-order valence-corrected chi connectivity index (χ0v) is 7.46. The van der Waals surface area contributed by atoms with E-state index in [2.05, 4.69) is 10.2 Å². The fourth-order valence-corrected chi connectivity index (χ4v) is 1.15. The zero-order chi connectivity index (χ0) is 10.8. The summed E-state index contributed by atoms with van der Waals surface area (Å²) in [4.78, 5) is 11.9. The number of rotatable bonds is 2. The first-order valence-electron chi connectivity index (χ1n) is 4.08. The van der Waals surface area contributed by atoms with Gasteiger partial charge in [-0.05, 0) is 18.2 Å². The average molecular weight is 207 g/mol. The summed E-state index contributed by atoms with van der Waals surface area (Å²) in [6.07, 6.45) is 2.90.